The highest BCUT2D eigenvalue weighted by molar-refractivity contribution is 7.91. The first-order valence-electron chi connectivity index (χ1n) is 6.96. The Labute approximate surface area is 130 Å². The Morgan fingerprint density at radius 2 is 2.14 bits per heavy atom. The zero-order valence-corrected chi connectivity index (χ0v) is 13.9. The molecule has 2 rings (SSSR count). The molecule has 116 valence electrons. The summed E-state index contributed by atoms with van der Waals surface area (Å²) in [6.07, 6.45) is 1.40. The summed E-state index contributed by atoms with van der Waals surface area (Å²) in [4.78, 5) is 12.0. The van der Waals surface area contributed by atoms with Crippen LogP contribution in [0.1, 0.15) is 30.9 Å². The van der Waals surface area contributed by atoms with Gasteiger partial charge in [0.05, 0.1) is 17.0 Å². The van der Waals surface area contributed by atoms with E-state index in [1.807, 2.05) is 25.1 Å². The molecule has 1 N–H and O–H groups in total. The lowest BCUT2D eigenvalue weighted by atomic mass is 10.0. The van der Waals surface area contributed by atoms with Crippen molar-refractivity contribution in [2.45, 2.75) is 38.6 Å². The normalized spacial score (nSPS) is 24.0. The van der Waals surface area contributed by atoms with E-state index >= 15 is 0 Å². The molecule has 0 unspecified atom stereocenters. The summed E-state index contributed by atoms with van der Waals surface area (Å²) in [5.74, 6) is 0.0608. The van der Waals surface area contributed by atoms with Gasteiger partial charge in [-0.15, -0.1) is 0 Å². The van der Waals surface area contributed by atoms with Crippen LogP contribution >= 0.6 is 11.6 Å². The Morgan fingerprint density at radius 1 is 1.43 bits per heavy atom. The van der Waals surface area contributed by atoms with Gasteiger partial charge in [-0.05, 0) is 43.9 Å². The molecule has 1 fully saturated rings. The lowest BCUT2D eigenvalue weighted by Gasteiger charge is -2.23. The predicted molar refractivity (Wildman–Crippen MR) is 84.3 cm³/mol. The van der Waals surface area contributed by atoms with E-state index in [1.165, 1.54) is 0 Å². The highest BCUT2D eigenvalue weighted by Gasteiger charge is 2.39. The van der Waals surface area contributed by atoms with Crippen LogP contribution in [0.2, 0.25) is 5.02 Å². The summed E-state index contributed by atoms with van der Waals surface area (Å²) in [5.41, 5.74) is 1.39. The molecule has 1 atom stereocenters. The minimum Gasteiger partial charge on any atom is -0.350 e. The molecule has 4 nitrogen and oxygen atoms in total. The van der Waals surface area contributed by atoms with Crippen LogP contribution in [0.25, 0.3) is 0 Å². The molecule has 1 aromatic carbocycles. The lowest BCUT2D eigenvalue weighted by molar-refractivity contribution is -0.122. The number of hydrogen-bond donors (Lipinski definition) is 1. The van der Waals surface area contributed by atoms with Gasteiger partial charge in [-0.3, -0.25) is 4.79 Å². The molecule has 1 saturated heterocycles. The molecule has 1 heterocycles. The summed E-state index contributed by atoms with van der Waals surface area (Å²) in [6, 6.07) is 5.75. The van der Waals surface area contributed by atoms with Gasteiger partial charge in [-0.1, -0.05) is 23.7 Å². The van der Waals surface area contributed by atoms with Gasteiger partial charge in [0.15, 0.2) is 9.84 Å². The van der Waals surface area contributed by atoms with Crippen molar-refractivity contribution in [2.24, 2.45) is 0 Å². The van der Waals surface area contributed by atoms with Crippen molar-refractivity contribution < 1.29 is 13.2 Å². The van der Waals surface area contributed by atoms with Crippen molar-refractivity contribution in [2.75, 3.05) is 11.5 Å². The van der Waals surface area contributed by atoms with E-state index < -0.39 is 15.4 Å². The number of nitrogens with one attached hydrogen (secondary N) is 1. The molecular formula is C15H20ClNO3S. The second-order valence-electron chi connectivity index (χ2n) is 6.03. The maximum Gasteiger partial charge on any atom is 0.220 e. The third-order valence-electron chi connectivity index (χ3n) is 3.82. The van der Waals surface area contributed by atoms with Crippen molar-refractivity contribution in [3.05, 3.63) is 34.3 Å². The van der Waals surface area contributed by atoms with Crippen molar-refractivity contribution in [1.82, 2.24) is 5.32 Å². The molecule has 0 aromatic heterocycles. The third kappa shape index (κ3) is 4.45. The largest absolute Gasteiger partial charge is 0.350 e. The molecule has 1 aliphatic rings. The zero-order chi connectivity index (χ0) is 15.7. The summed E-state index contributed by atoms with van der Waals surface area (Å²) >= 11 is 6.05. The van der Waals surface area contributed by atoms with Crippen LogP contribution in [0.5, 0.6) is 0 Å². The van der Waals surface area contributed by atoms with Crippen LogP contribution in [0.4, 0.5) is 0 Å². The second kappa shape index (κ2) is 5.97. The molecule has 0 radical (unpaired) electrons. The molecule has 0 spiro atoms. The number of carbonyl (C=O) groups excluding carboxylic acids is 1. The predicted octanol–water partition coefficient (Wildman–Crippen LogP) is 2.27. The number of carbonyl (C=O) groups is 1. The van der Waals surface area contributed by atoms with Crippen molar-refractivity contribution in [3.8, 4) is 0 Å². The van der Waals surface area contributed by atoms with Crippen molar-refractivity contribution >= 4 is 27.3 Å². The smallest absolute Gasteiger partial charge is 0.220 e. The van der Waals surface area contributed by atoms with E-state index in [1.54, 1.807) is 6.92 Å². The van der Waals surface area contributed by atoms with Crippen LogP contribution in [-0.2, 0) is 21.1 Å². The number of sulfone groups is 1. The SMILES string of the molecule is Cc1ccc(CCC(=O)N[C@@]2(C)CCS(=O)(=O)C2)cc1Cl. The molecule has 21 heavy (non-hydrogen) atoms. The Kier molecular flexibility index (Phi) is 4.63. The van der Waals surface area contributed by atoms with Crippen LogP contribution in [-0.4, -0.2) is 31.4 Å². The Balaban J connectivity index is 1.89. The fourth-order valence-electron chi connectivity index (χ4n) is 2.56. The monoisotopic (exact) mass is 329 g/mol. The highest BCUT2D eigenvalue weighted by atomic mass is 35.5. The van der Waals surface area contributed by atoms with Crippen LogP contribution < -0.4 is 5.32 Å². The average molecular weight is 330 g/mol. The number of aryl methyl sites for hydroxylation is 2. The number of rotatable bonds is 4. The van der Waals surface area contributed by atoms with E-state index in [0.29, 0.717) is 24.3 Å². The van der Waals surface area contributed by atoms with E-state index in [0.717, 1.165) is 11.1 Å². The average Bonchev–Trinajstić information content (AvgIpc) is 2.65. The fourth-order valence-corrected chi connectivity index (χ4v) is 4.85. The molecule has 1 aliphatic heterocycles. The minimum absolute atomic E-state index is 0.0299. The van der Waals surface area contributed by atoms with Crippen LogP contribution in [0.15, 0.2) is 18.2 Å². The number of halogens is 1. The van der Waals surface area contributed by atoms with Gasteiger partial charge in [0.1, 0.15) is 0 Å². The van der Waals surface area contributed by atoms with Crippen molar-refractivity contribution in [3.63, 3.8) is 0 Å². The maximum atomic E-state index is 12.0. The number of amides is 1. The van der Waals surface area contributed by atoms with E-state index in [4.69, 9.17) is 11.6 Å². The quantitative estimate of drug-likeness (QED) is 0.921. The van der Waals surface area contributed by atoms with Crippen molar-refractivity contribution in [1.29, 1.82) is 0 Å². The first kappa shape index (κ1) is 16.3. The van der Waals surface area contributed by atoms with Gasteiger partial charge < -0.3 is 5.32 Å². The van der Waals surface area contributed by atoms with Crippen LogP contribution in [0, 0.1) is 6.92 Å². The molecule has 0 saturated carbocycles. The van der Waals surface area contributed by atoms with Gasteiger partial charge in [0.25, 0.3) is 0 Å². The van der Waals surface area contributed by atoms with E-state index in [9.17, 15) is 13.2 Å². The standard InChI is InChI=1S/C15H20ClNO3S/c1-11-3-4-12(9-13(11)16)5-6-14(18)17-15(2)7-8-21(19,20)10-15/h3-4,9H,5-8,10H2,1-2H3,(H,17,18)/t15-/m0/s1. The first-order valence-corrected chi connectivity index (χ1v) is 9.16. The van der Waals surface area contributed by atoms with Gasteiger partial charge >= 0.3 is 0 Å². The second-order valence-corrected chi connectivity index (χ2v) is 8.63. The molecule has 1 amide bonds. The maximum absolute atomic E-state index is 12.0. The fraction of sp³-hybridized carbons (Fsp3) is 0.533. The third-order valence-corrected chi connectivity index (χ3v) is 6.13. The summed E-state index contributed by atoms with van der Waals surface area (Å²) in [7, 11) is -3.01. The Morgan fingerprint density at radius 3 is 2.71 bits per heavy atom. The molecule has 0 aliphatic carbocycles. The first-order chi connectivity index (χ1) is 9.69. The minimum atomic E-state index is -3.01. The highest BCUT2D eigenvalue weighted by Crippen LogP contribution is 2.23. The Bertz CT molecular complexity index is 657. The summed E-state index contributed by atoms with van der Waals surface area (Å²) < 4.78 is 23.0. The van der Waals surface area contributed by atoms with Crippen LogP contribution in [0.3, 0.4) is 0 Å². The zero-order valence-electron chi connectivity index (χ0n) is 12.3. The van der Waals surface area contributed by atoms with Gasteiger partial charge in [0.2, 0.25) is 5.91 Å². The van der Waals surface area contributed by atoms with E-state index in [-0.39, 0.29) is 17.4 Å². The Hall–Kier alpha value is -1.07. The molecular weight excluding hydrogens is 310 g/mol. The summed E-state index contributed by atoms with van der Waals surface area (Å²) in [6.45, 7) is 3.72. The van der Waals surface area contributed by atoms with Gasteiger partial charge in [-0.2, -0.15) is 0 Å². The lowest BCUT2D eigenvalue weighted by Crippen LogP contribution is -2.47. The van der Waals surface area contributed by atoms with Gasteiger partial charge in [0, 0.05) is 11.4 Å². The molecule has 0 bridgehead atoms. The van der Waals surface area contributed by atoms with E-state index in [2.05, 4.69) is 5.32 Å². The summed E-state index contributed by atoms with van der Waals surface area (Å²) in [5, 5.41) is 3.55. The number of hydrogen-bond acceptors (Lipinski definition) is 3. The topological polar surface area (TPSA) is 63.2 Å². The number of benzene rings is 1. The molecule has 1 aromatic rings. The van der Waals surface area contributed by atoms with Gasteiger partial charge in [-0.25, -0.2) is 8.42 Å². The molecule has 6 heteroatoms.